The second-order valence-corrected chi connectivity index (χ2v) is 3.70. The molecule has 1 heterocycles. The van der Waals surface area contributed by atoms with Gasteiger partial charge in [0.1, 0.15) is 5.82 Å². The Balaban J connectivity index is 2.23. The second-order valence-electron chi connectivity index (χ2n) is 3.70. The lowest BCUT2D eigenvalue weighted by Gasteiger charge is -2.11. The molecule has 0 saturated carbocycles. The third kappa shape index (κ3) is 1.79. The largest absolute Gasteiger partial charge is 0.326 e. The van der Waals surface area contributed by atoms with Crippen molar-refractivity contribution in [3.05, 3.63) is 35.1 Å². The monoisotopic (exact) mass is 194 g/mol. The standard InChI is InChI=1S/C11H15FN2/c12-10-6-8(3-4-9(10)7-13)11-2-1-5-14-11/h3-4,6,11,14H,1-2,5,7,13H2/t11-/m1/s1. The number of rotatable bonds is 2. The number of halogens is 1. The maximum absolute atomic E-state index is 13.4. The van der Waals surface area contributed by atoms with Crippen LogP contribution >= 0.6 is 0 Å². The SMILES string of the molecule is NCc1ccc([C@H]2CCCN2)cc1F. The number of hydrogen-bond donors (Lipinski definition) is 2. The molecular weight excluding hydrogens is 179 g/mol. The van der Waals surface area contributed by atoms with Gasteiger partial charge in [-0.05, 0) is 31.0 Å². The Bertz CT molecular complexity index is 319. The summed E-state index contributed by atoms with van der Waals surface area (Å²) in [6.07, 6.45) is 2.27. The Hall–Kier alpha value is -0.930. The van der Waals surface area contributed by atoms with Gasteiger partial charge in [-0.25, -0.2) is 4.39 Å². The van der Waals surface area contributed by atoms with Crippen LogP contribution in [-0.4, -0.2) is 6.54 Å². The van der Waals surface area contributed by atoms with Crippen LogP contribution in [0.5, 0.6) is 0 Å². The van der Waals surface area contributed by atoms with Gasteiger partial charge in [0.25, 0.3) is 0 Å². The van der Waals surface area contributed by atoms with Crippen molar-refractivity contribution in [1.29, 1.82) is 0 Å². The molecular formula is C11H15FN2. The van der Waals surface area contributed by atoms with E-state index >= 15 is 0 Å². The van der Waals surface area contributed by atoms with Crippen LogP contribution in [0.1, 0.15) is 30.0 Å². The summed E-state index contributed by atoms with van der Waals surface area (Å²) in [5, 5.41) is 3.34. The molecule has 0 radical (unpaired) electrons. The lowest BCUT2D eigenvalue weighted by Crippen LogP contribution is -2.13. The first kappa shape index (κ1) is 9.62. The number of hydrogen-bond acceptors (Lipinski definition) is 2. The minimum Gasteiger partial charge on any atom is -0.326 e. The van der Waals surface area contributed by atoms with Crippen LogP contribution in [0.4, 0.5) is 4.39 Å². The van der Waals surface area contributed by atoms with E-state index in [2.05, 4.69) is 5.32 Å². The number of nitrogens with one attached hydrogen (secondary N) is 1. The Morgan fingerprint density at radius 3 is 2.93 bits per heavy atom. The molecule has 1 aliphatic rings. The molecule has 14 heavy (non-hydrogen) atoms. The highest BCUT2D eigenvalue weighted by molar-refractivity contribution is 5.27. The average Bonchev–Trinajstić information content (AvgIpc) is 2.70. The topological polar surface area (TPSA) is 38.0 Å². The maximum Gasteiger partial charge on any atom is 0.128 e. The number of benzene rings is 1. The van der Waals surface area contributed by atoms with Crippen LogP contribution in [0.3, 0.4) is 0 Å². The second kappa shape index (κ2) is 4.07. The van der Waals surface area contributed by atoms with Gasteiger partial charge < -0.3 is 11.1 Å². The third-order valence-electron chi connectivity index (χ3n) is 2.76. The molecule has 76 valence electrons. The van der Waals surface area contributed by atoms with Gasteiger partial charge in [0.15, 0.2) is 0 Å². The van der Waals surface area contributed by atoms with E-state index < -0.39 is 0 Å². The molecule has 1 fully saturated rings. The van der Waals surface area contributed by atoms with E-state index in [1.807, 2.05) is 6.07 Å². The first-order valence-corrected chi connectivity index (χ1v) is 5.03. The minimum absolute atomic E-state index is 0.182. The van der Waals surface area contributed by atoms with Crippen LogP contribution in [-0.2, 0) is 6.54 Å². The summed E-state index contributed by atoms with van der Waals surface area (Å²) in [5.74, 6) is -0.182. The predicted molar refractivity (Wildman–Crippen MR) is 54.3 cm³/mol. The molecule has 1 saturated heterocycles. The Kier molecular flexibility index (Phi) is 2.79. The van der Waals surface area contributed by atoms with Gasteiger partial charge in [-0.15, -0.1) is 0 Å². The average molecular weight is 194 g/mol. The van der Waals surface area contributed by atoms with Gasteiger partial charge in [0, 0.05) is 18.2 Å². The summed E-state index contributed by atoms with van der Waals surface area (Å²) in [4.78, 5) is 0. The molecule has 0 unspecified atom stereocenters. The lowest BCUT2D eigenvalue weighted by atomic mass is 10.0. The van der Waals surface area contributed by atoms with E-state index in [1.165, 1.54) is 6.42 Å². The molecule has 2 rings (SSSR count). The minimum atomic E-state index is -0.182. The van der Waals surface area contributed by atoms with E-state index in [0.29, 0.717) is 11.6 Å². The molecule has 0 spiro atoms. The van der Waals surface area contributed by atoms with Crippen LogP contribution in [0, 0.1) is 5.82 Å². The van der Waals surface area contributed by atoms with Crippen molar-refractivity contribution < 1.29 is 4.39 Å². The molecule has 3 heteroatoms. The van der Waals surface area contributed by atoms with Crippen molar-refractivity contribution in [2.75, 3.05) is 6.54 Å². The molecule has 0 aromatic heterocycles. The van der Waals surface area contributed by atoms with Crippen molar-refractivity contribution in [1.82, 2.24) is 5.32 Å². The highest BCUT2D eigenvalue weighted by Gasteiger charge is 2.16. The van der Waals surface area contributed by atoms with Gasteiger partial charge >= 0.3 is 0 Å². The highest BCUT2D eigenvalue weighted by Crippen LogP contribution is 2.24. The quantitative estimate of drug-likeness (QED) is 0.752. The van der Waals surface area contributed by atoms with Crippen molar-refractivity contribution in [2.45, 2.75) is 25.4 Å². The van der Waals surface area contributed by atoms with Gasteiger partial charge in [-0.1, -0.05) is 12.1 Å². The zero-order valence-electron chi connectivity index (χ0n) is 8.09. The van der Waals surface area contributed by atoms with E-state index in [9.17, 15) is 4.39 Å². The molecule has 1 aromatic rings. The smallest absolute Gasteiger partial charge is 0.128 e. The molecule has 1 aliphatic heterocycles. The lowest BCUT2D eigenvalue weighted by molar-refractivity contribution is 0.593. The van der Waals surface area contributed by atoms with Crippen molar-refractivity contribution >= 4 is 0 Å². The molecule has 3 N–H and O–H groups in total. The Morgan fingerprint density at radius 1 is 1.50 bits per heavy atom. The van der Waals surface area contributed by atoms with E-state index in [0.717, 1.165) is 18.5 Å². The maximum atomic E-state index is 13.4. The summed E-state index contributed by atoms with van der Waals surface area (Å²) in [6.45, 7) is 1.30. The molecule has 0 aliphatic carbocycles. The fourth-order valence-corrected chi connectivity index (χ4v) is 1.91. The van der Waals surface area contributed by atoms with Crippen molar-refractivity contribution in [3.8, 4) is 0 Å². The van der Waals surface area contributed by atoms with Gasteiger partial charge in [0.05, 0.1) is 0 Å². The molecule has 0 bridgehead atoms. The zero-order valence-corrected chi connectivity index (χ0v) is 8.09. The van der Waals surface area contributed by atoms with Gasteiger partial charge in [-0.2, -0.15) is 0 Å². The fourth-order valence-electron chi connectivity index (χ4n) is 1.91. The normalized spacial score (nSPS) is 21.4. The molecule has 0 amide bonds. The Morgan fingerprint density at radius 2 is 2.36 bits per heavy atom. The van der Waals surface area contributed by atoms with Gasteiger partial charge in [0.2, 0.25) is 0 Å². The van der Waals surface area contributed by atoms with E-state index in [4.69, 9.17) is 5.73 Å². The fraction of sp³-hybridized carbons (Fsp3) is 0.455. The van der Waals surface area contributed by atoms with Crippen LogP contribution in [0.15, 0.2) is 18.2 Å². The van der Waals surface area contributed by atoms with Gasteiger partial charge in [-0.3, -0.25) is 0 Å². The first-order valence-electron chi connectivity index (χ1n) is 5.03. The molecule has 1 atom stereocenters. The Labute approximate surface area is 83.3 Å². The zero-order chi connectivity index (χ0) is 9.97. The highest BCUT2D eigenvalue weighted by atomic mass is 19.1. The molecule has 2 nitrogen and oxygen atoms in total. The third-order valence-corrected chi connectivity index (χ3v) is 2.76. The van der Waals surface area contributed by atoms with Crippen LogP contribution in [0.2, 0.25) is 0 Å². The van der Waals surface area contributed by atoms with Crippen molar-refractivity contribution in [3.63, 3.8) is 0 Å². The summed E-state index contributed by atoms with van der Waals surface area (Å²) in [6, 6.07) is 5.68. The van der Waals surface area contributed by atoms with E-state index in [1.54, 1.807) is 12.1 Å². The number of nitrogens with two attached hydrogens (primary N) is 1. The van der Waals surface area contributed by atoms with Crippen LogP contribution in [0.25, 0.3) is 0 Å². The summed E-state index contributed by atoms with van der Waals surface area (Å²) < 4.78 is 13.4. The summed E-state index contributed by atoms with van der Waals surface area (Å²) >= 11 is 0. The predicted octanol–water partition coefficient (Wildman–Crippen LogP) is 1.71. The first-order chi connectivity index (χ1) is 6.81. The summed E-state index contributed by atoms with van der Waals surface area (Å²) in [5.41, 5.74) is 7.03. The molecule has 1 aromatic carbocycles. The van der Waals surface area contributed by atoms with Crippen LogP contribution < -0.4 is 11.1 Å². The van der Waals surface area contributed by atoms with Crippen molar-refractivity contribution in [2.24, 2.45) is 5.73 Å². The summed E-state index contributed by atoms with van der Waals surface area (Å²) in [7, 11) is 0. The van der Waals surface area contributed by atoms with E-state index in [-0.39, 0.29) is 12.4 Å².